The van der Waals surface area contributed by atoms with Gasteiger partial charge in [0.1, 0.15) is 6.54 Å². The molecule has 150 valence electrons. The summed E-state index contributed by atoms with van der Waals surface area (Å²) in [4.78, 5) is 19.4. The SMILES string of the molecule is CN(C)C(=O)CN=C(NCCc1cccs1)NCC1(Cc2ccccc2)CC1. The number of nitrogens with zero attached hydrogens (tertiary/aromatic N) is 2. The number of amides is 1. The molecule has 6 heteroatoms. The molecule has 0 radical (unpaired) electrons. The summed E-state index contributed by atoms with van der Waals surface area (Å²) in [6, 6.07) is 14.9. The maximum atomic E-state index is 11.9. The van der Waals surface area contributed by atoms with Gasteiger partial charge in [-0.1, -0.05) is 36.4 Å². The molecule has 1 aromatic carbocycles. The number of guanidine groups is 1. The Morgan fingerprint density at radius 1 is 1.14 bits per heavy atom. The number of carbonyl (C=O) groups is 1. The van der Waals surface area contributed by atoms with E-state index in [2.05, 4.69) is 63.5 Å². The number of carbonyl (C=O) groups excluding carboxylic acids is 1. The van der Waals surface area contributed by atoms with Crippen LogP contribution in [-0.2, 0) is 17.6 Å². The summed E-state index contributed by atoms with van der Waals surface area (Å²) < 4.78 is 0. The molecule has 0 spiro atoms. The second-order valence-corrected chi connectivity index (χ2v) is 8.76. The van der Waals surface area contributed by atoms with Gasteiger partial charge in [0.25, 0.3) is 0 Å². The summed E-state index contributed by atoms with van der Waals surface area (Å²) in [7, 11) is 3.52. The van der Waals surface area contributed by atoms with E-state index in [-0.39, 0.29) is 12.5 Å². The lowest BCUT2D eigenvalue weighted by molar-refractivity contribution is -0.127. The maximum Gasteiger partial charge on any atom is 0.243 e. The Balaban J connectivity index is 1.54. The second kappa shape index (κ2) is 9.73. The fourth-order valence-corrected chi connectivity index (χ4v) is 3.82. The van der Waals surface area contributed by atoms with Crippen LogP contribution < -0.4 is 10.6 Å². The fourth-order valence-electron chi connectivity index (χ4n) is 3.11. The number of rotatable bonds is 9. The third-order valence-electron chi connectivity index (χ3n) is 5.13. The van der Waals surface area contributed by atoms with Gasteiger partial charge in [0.05, 0.1) is 0 Å². The number of benzene rings is 1. The van der Waals surface area contributed by atoms with E-state index in [4.69, 9.17) is 0 Å². The molecular weight excluding hydrogens is 368 g/mol. The molecule has 1 aliphatic carbocycles. The first-order valence-electron chi connectivity index (χ1n) is 9.85. The lowest BCUT2D eigenvalue weighted by Crippen LogP contribution is -2.42. The first kappa shape index (κ1) is 20.4. The Labute approximate surface area is 171 Å². The van der Waals surface area contributed by atoms with Crippen LogP contribution in [-0.4, -0.2) is 50.5 Å². The van der Waals surface area contributed by atoms with Gasteiger partial charge in [-0.05, 0) is 48.1 Å². The molecule has 0 aliphatic heterocycles. The highest BCUT2D eigenvalue weighted by Crippen LogP contribution is 2.47. The van der Waals surface area contributed by atoms with E-state index in [1.165, 1.54) is 23.3 Å². The smallest absolute Gasteiger partial charge is 0.243 e. The summed E-state index contributed by atoms with van der Waals surface area (Å²) in [6.07, 6.45) is 4.50. The average Bonchev–Trinajstić information content (AvgIpc) is 3.25. The molecule has 1 aliphatic rings. The van der Waals surface area contributed by atoms with Crippen molar-refractivity contribution in [3.63, 3.8) is 0 Å². The van der Waals surface area contributed by atoms with Crippen LogP contribution in [0.1, 0.15) is 23.3 Å². The monoisotopic (exact) mass is 398 g/mol. The summed E-state index contributed by atoms with van der Waals surface area (Å²) in [5.41, 5.74) is 1.69. The molecule has 1 amide bonds. The van der Waals surface area contributed by atoms with Gasteiger partial charge < -0.3 is 15.5 Å². The highest BCUT2D eigenvalue weighted by Gasteiger charge is 2.42. The largest absolute Gasteiger partial charge is 0.356 e. The van der Waals surface area contributed by atoms with Gasteiger partial charge in [-0.2, -0.15) is 0 Å². The number of likely N-dealkylation sites (N-methyl/N-ethyl adjacent to an activating group) is 1. The van der Waals surface area contributed by atoms with Crippen molar-refractivity contribution in [1.29, 1.82) is 0 Å². The van der Waals surface area contributed by atoms with Crippen molar-refractivity contribution in [3.8, 4) is 0 Å². The van der Waals surface area contributed by atoms with Crippen LogP contribution in [0, 0.1) is 5.41 Å². The zero-order valence-corrected chi connectivity index (χ0v) is 17.6. The van der Waals surface area contributed by atoms with Gasteiger partial charge in [-0.15, -0.1) is 11.3 Å². The zero-order valence-electron chi connectivity index (χ0n) is 16.8. The third kappa shape index (κ3) is 6.37. The fraction of sp³-hybridized carbons (Fsp3) is 0.455. The van der Waals surface area contributed by atoms with Crippen molar-refractivity contribution in [2.75, 3.05) is 33.7 Å². The van der Waals surface area contributed by atoms with E-state index in [0.717, 1.165) is 31.9 Å². The van der Waals surface area contributed by atoms with E-state index in [1.54, 1.807) is 30.3 Å². The Hall–Kier alpha value is -2.34. The van der Waals surface area contributed by atoms with Gasteiger partial charge in [-0.25, -0.2) is 4.99 Å². The van der Waals surface area contributed by atoms with Gasteiger partial charge >= 0.3 is 0 Å². The molecule has 1 heterocycles. The molecule has 1 saturated carbocycles. The van der Waals surface area contributed by atoms with Crippen molar-refractivity contribution in [2.45, 2.75) is 25.7 Å². The number of thiophene rings is 1. The highest BCUT2D eigenvalue weighted by atomic mass is 32.1. The molecule has 2 aromatic rings. The summed E-state index contributed by atoms with van der Waals surface area (Å²) in [5, 5.41) is 8.98. The number of nitrogens with one attached hydrogen (secondary N) is 2. The van der Waals surface area contributed by atoms with E-state index < -0.39 is 0 Å². The van der Waals surface area contributed by atoms with Crippen LogP contribution in [0.4, 0.5) is 0 Å². The van der Waals surface area contributed by atoms with Gasteiger partial charge in [-0.3, -0.25) is 4.79 Å². The first-order valence-corrected chi connectivity index (χ1v) is 10.7. The van der Waals surface area contributed by atoms with Crippen LogP contribution in [0.25, 0.3) is 0 Å². The summed E-state index contributed by atoms with van der Waals surface area (Å²) in [6.45, 7) is 1.84. The third-order valence-corrected chi connectivity index (χ3v) is 6.06. The molecule has 3 rings (SSSR count). The van der Waals surface area contributed by atoms with Crippen LogP contribution in [0.15, 0.2) is 52.8 Å². The predicted octanol–water partition coefficient (Wildman–Crippen LogP) is 2.94. The Bertz CT molecular complexity index is 767. The average molecular weight is 399 g/mol. The molecule has 28 heavy (non-hydrogen) atoms. The van der Waals surface area contributed by atoms with Crippen molar-refractivity contribution in [2.24, 2.45) is 10.4 Å². The van der Waals surface area contributed by atoms with Crippen molar-refractivity contribution < 1.29 is 4.79 Å². The Morgan fingerprint density at radius 3 is 2.57 bits per heavy atom. The topological polar surface area (TPSA) is 56.7 Å². The van der Waals surface area contributed by atoms with Crippen molar-refractivity contribution in [1.82, 2.24) is 15.5 Å². The maximum absolute atomic E-state index is 11.9. The molecule has 0 atom stereocenters. The van der Waals surface area contributed by atoms with Crippen molar-refractivity contribution >= 4 is 23.2 Å². The lowest BCUT2D eigenvalue weighted by Gasteiger charge is -2.19. The number of hydrogen-bond donors (Lipinski definition) is 2. The quantitative estimate of drug-likeness (QED) is 0.504. The molecule has 0 unspecified atom stereocenters. The molecule has 0 saturated heterocycles. The van der Waals surface area contributed by atoms with Crippen LogP contribution in [0.5, 0.6) is 0 Å². The zero-order chi connectivity index (χ0) is 19.8. The molecular formula is C22H30N4OS. The summed E-state index contributed by atoms with van der Waals surface area (Å²) >= 11 is 1.76. The van der Waals surface area contributed by atoms with Crippen LogP contribution in [0.2, 0.25) is 0 Å². The van der Waals surface area contributed by atoms with Crippen LogP contribution in [0.3, 0.4) is 0 Å². The van der Waals surface area contributed by atoms with Gasteiger partial charge in [0.2, 0.25) is 5.91 Å². The minimum atomic E-state index is 0.00442. The van der Waals surface area contributed by atoms with Gasteiger partial charge in [0, 0.05) is 32.1 Å². The number of aliphatic imine (C=N–C) groups is 1. The van der Waals surface area contributed by atoms with E-state index in [9.17, 15) is 4.79 Å². The van der Waals surface area contributed by atoms with E-state index in [0.29, 0.717) is 5.41 Å². The lowest BCUT2D eigenvalue weighted by atomic mass is 9.96. The summed E-state index contributed by atoms with van der Waals surface area (Å²) in [5.74, 6) is 0.732. The predicted molar refractivity (Wildman–Crippen MR) is 117 cm³/mol. The van der Waals surface area contributed by atoms with Crippen molar-refractivity contribution in [3.05, 3.63) is 58.3 Å². The second-order valence-electron chi connectivity index (χ2n) is 7.73. The van der Waals surface area contributed by atoms with E-state index in [1.807, 2.05) is 0 Å². The minimum Gasteiger partial charge on any atom is -0.356 e. The van der Waals surface area contributed by atoms with Gasteiger partial charge in [0.15, 0.2) is 5.96 Å². The normalized spacial score (nSPS) is 15.1. The first-order chi connectivity index (χ1) is 13.6. The standard InChI is InChI=1S/C22H30N4OS/c1-26(2)20(27)16-24-21(23-13-10-19-9-6-14-28-19)25-17-22(11-12-22)15-18-7-4-3-5-8-18/h3-9,14H,10-13,15-17H2,1-2H3,(H2,23,24,25). The molecule has 5 nitrogen and oxygen atoms in total. The van der Waals surface area contributed by atoms with E-state index >= 15 is 0 Å². The Kier molecular flexibility index (Phi) is 7.09. The Morgan fingerprint density at radius 2 is 1.93 bits per heavy atom. The molecule has 0 bridgehead atoms. The highest BCUT2D eigenvalue weighted by molar-refractivity contribution is 7.09. The molecule has 2 N–H and O–H groups in total. The molecule has 1 fully saturated rings. The molecule has 1 aromatic heterocycles. The van der Waals surface area contributed by atoms with Crippen LogP contribution >= 0.6 is 11.3 Å². The minimum absolute atomic E-state index is 0.00442. The number of hydrogen-bond acceptors (Lipinski definition) is 3.